The third-order valence-electron chi connectivity index (χ3n) is 5.17. The Labute approximate surface area is 181 Å². The molecule has 8 nitrogen and oxygen atoms in total. The number of benzene rings is 2. The molecule has 0 spiro atoms. The molecule has 1 unspecified atom stereocenters. The van der Waals surface area contributed by atoms with Crippen molar-refractivity contribution in [1.82, 2.24) is 15.3 Å². The molecule has 0 bridgehead atoms. The normalized spacial score (nSPS) is 11.8. The minimum absolute atomic E-state index is 0.0256. The van der Waals surface area contributed by atoms with Gasteiger partial charge in [0.15, 0.2) is 23.9 Å². The van der Waals surface area contributed by atoms with Crippen molar-refractivity contribution in [3.05, 3.63) is 64.2 Å². The lowest BCUT2D eigenvalue weighted by Gasteiger charge is -2.17. The maximum absolute atomic E-state index is 12.6. The number of fused-ring (bicyclic) bond motifs is 1. The van der Waals surface area contributed by atoms with Crippen molar-refractivity contribution < 1.29 is 19.2 Å². The maximum Gasteiger partial charge on any atom is 0.275 e. The number of amides is 1. The summed E-state index contributed by atoms with van der Waals surface area (Å²) < 4.78 is 10.6. The highest BCUT2D eigenvalue weighted by Gasteiger charge is 2.16. The lowest BCUT2D eigenvalue weighted by molar-refractivity contribution is -0.904. The van der Waals surface area contributed by atoms with Crippen LogP contribution in [0, 0.1) is 0 Å². The fraction of sp³-hybridized carbons (Fsp3) is 0.348. The number of hydrogen-bond donors (Lipinski definition) is 3. The molecule has 1 atom stereocenters. The molecule has 0 aliphatic heterocycles. The number of carbonyl (C=O) groups is 1. The van der Waals surface area contributed by atoms with E-state index in [0.29, 0.717) is 47.9 Å². The van der Waals surface area contributed by atoms with Crippen LogP contribution in [-0.2, 0) is 17.8 Å². The van der Waals surface area contributed by atoms with Gasteiger partial charge in [0.2, 0.25) is 0 Å². The highest BCUT2D eigenvalue weighted by atomic mass is 16.5. The summed E-state index contributed by atoms with van der Waals surface area (Å²) in [5.74, 6) is 1.49. The number of H-pyrrole nitrogens is 1. The van der Waals surface area contributed by atoms with Gasteiger partial charge in [0.05, 0.1) is 31.7 Å². The second-order valence-electron chi connectivity index (χ2n) is 7.28. The van der Waals surface area contributed by atoms with E-state index in [4.69, 9.17) is 9.47 Å². The first-order chi connectivity index (χ1) is 15.0. The first-order valence-electron chi connectivity index (χ1n) is 10.3. The molecule has 0 aliphatic rings. The Kier molecular flexibility index (Phi) is 7.61. The van der Waals surface area contributed by atoms with Crippen LogP contribution >= 0.6 is 0 Å². The maximum atomic E-state index is 12.6. The van der Waals surface area contributed by atoms with E-state index in [1.165, 1.54) is 19.8 Å². The second kappa shape index (κ2) is 10.6. The summed E-state index contributed by atoms with van der Waals surface area (Å²) in [6.45, 7) is 4.05. The van der Waals surface area contributed by atoms with Crippen LogP contribution in [0.15, 0.2) is 47.3 Å². The molecule has 1 amide bonds. The van der Waals surface area contributed by atoms with Crippen LogP contribution in [0.3, 0.4) is 0 Å². The zero-order chi connectivity index (χ0) is 22.2. The number of quaternary nitrogens is 1. The second-order valence-corrected chi connectivity index (χ2v) is 7.28. The number of nitrogens with one attached hydrogen (secondary N) is 3. The van der Waals surface area contributed by atoms with Gasteiger partial charge in [-0.25, -0.2) is 4.98 Å². The van der Waals surface area contributed by atoms with Gasteiger partial charge in [0, 0.05) is 12.6 Å². The van der Waals surface area contributed by atoms with E-state index in [-0.39, 0.29) is 11.5 Å². The molecular formula is C23H29N4O4+. The minimum Gasteiger partial charge on any atom is -0.493 e. The number of methoxy groups -OCH3 is 2. The zero-order valence-electron chi connectivity index (χ0n) is 18.2. The van der Waals surface area contributed by atoms with Crippen LogP contribution in [0.25, 0.3) is 10.9 Å². The number of ether oxygens (including phenoxy) is 2. The van der Waals surface area contributed by atoms with Gasteiger partial charge in [-0.3, -0.25) is 9.59 Å². The van der Waals surface area contributed by atoms with Crippen molar-refractivity contribution in [1.29, 1.82) is 0 Å². The average molecular weight is 426 g/mol. The summed E-state index contributed by atoms with van der Waals surface area (Å²) in [6.07, 6.45) is 0.791. The third kappa shape index (κ3) is 5.82. The topological polar surface area (TPSA) is 97.8 Å². The van der Waals surface area contributed by atoms with Crippen molar-refractivity contribution in [2.45, 2.75) is 19.9 Å². The Bertz CT molecular complexity index is 1080. The third-order valence-corrected chi connectivity index (χ3v) is 5.17. The van der Waals surface area contributed by atoms with E-state index in [1.807, 2.05) is 37.3 Å². The molecule has 0 saturated carbocycles. The van der Waals surface area contributed by atoms with Crippen molar-refractivity contribution >= 4 is 16.8 Å². The SMILES string of the molecule is CC[NH+](CC(=O)NCCc1ccccc1)Cc1nc2cc(OC)c(OC)cc2c(=O)[nH]1. The van der Waals surface area contributed by atoms with E-state index in [1.54, 1.807) is 12.1 Å². The lowest BCUT2D eigenvalue weighted by atomic mass is 10.1. The summed E-state index contributed by atoms with van der Waals surface area (Å²) in [6, 6.07) is 13.3. The Morgan fingerprint density at radius 1 is 1.13 bits per heavy atom. The molecule has 3 rings (SSSR count). The largest absolute Gasteiger partial charge is 0.493 e. The van der Waals surface area contributed by atoms with E-state index < -0.39 is 0 Å². The number of carbonyl (C=O) groups excluding carboxylic acids is 1. The molecule has 0 saturated heterocycles. The van der Waals surface area contributed by atoms with Gasteiger partial charge in [-0.15, -0.1) is 0 Å². The van der Waals surface area contributed by atoms with Gasteiger partial charge in [-0.05, 0) is 25.0 Å². The number of hydrogen-bond acceptors (Lipinski definition) is 5. The zero-order valence-corrected chi connectivity index (χ0v) is 18.2. The number of aromatic amines is 1. The summed E-state index contributed by atoms with van der Waals surface area (Å²) in [5.41, 5.74) is 1.47. The summed E-state index contributed by atoms with van der Waals surface area (Å²) in [7, 11) is 3.06. The van der Waals surface area contributed by atoms with Crippen LogP contribution < -0.4 is 25.2 Å². The number of rotatable bonds is 10. The standard InChI is InChI=1S/C23H28N4O4/c1-4-27(15-22(28)24-11-10-16-8-6-5-7-9-16)14-21-25-18-13-20(31-3)19(30-2)12-17(18)23(29)26-21/h5-9,12-13H,4,10-11,14-15H2,1-3H3,(H,24,28)(H,25,26,29)/p+1. The molecule has 0 radical (unpaired) electrons. The molecular weight excluding hydrogens is 396 g/mol. The molecule has 164 valence electrons. The van der Waals surface area contributed by atoms with Gasteiger partial charge in [-0.2, -0.15) is 0 Å². The van der Waals surface area contributed by atoms with Crippen LogP contribution in [0.4, 0.5) is 0 Å². The molecule has 8 heteroatoms. The number of nitrogens with zero attached hydrogens (tertiary/aromatic N) is 1. The Hall–Kier alpha value is -3.39. The van der Waals surface area contributed by atoms with Crippen LogP contribution in [0.1, 0.15) is 18.3 Å². The van der Waals surface area contributed by atoms with Gasteiger partial charge < -0.3 is 24.7 Å². The van der Waals surface area contributed by atoms with E-state index >= 15 is 0 Å². The Balaban J connectivity index is 1.65. The first-order valence-corrected chi connectivity index (χ1v) is 10.3. The van der Waals surface area contributed by atoms with Gasteiger partial charge in [0.1, 0.15) is 6.54 Å². The monoisotopic (exact) mass is 425 g/mol. The van der Waals surface area contributed by atoms with E-state index in [0.717, 1.165) is 17.9 Å². The Morgan fingerprint density at radius 2 is 1.84 bits per heavy atom. The van der Waals surface area contributed by atoms with Crippen molar-refractivity contribution in [3.63, 3.8) is 0 Å². The van der Waals surface area contributed by atoms with Crippen molar-refractivity contribution in [2.24, 2.45) is 0 Å². The van der Waals surface area contributed by atoms with E-state index in [9.17, 15) is 9.59 Å². The van der Waals surface area contributed by atoms with E-state index in [2.05, 4.69) is 15.3 Å². The predicted molar refractivity (Wildman–Crippen MR) is 119 cm³/mol. The molecule has 0 aliphatic carbocycles. The van der Waals surface area contributed by atoms with Crippen molar-refractivity contribution in [2.75, 3.05) is 33.9 Å². The summed E-state index contributed by atoms with van der Waals surface area (Å²) in [5, 5.41) is 3.40. The summed E-state index contributed by atoms with van der Waals surface area (Å²) in [4.78, 5) is 33.3. The molecule has 1 heterocycles. The fourth-order valence-electron chi connectivity index (χ4n) is 3.43. The van der Waals surface area contributed by atoms with Crippen molar-refractivity contribution in [3.8, 4) is 11.5 Å². The highest BCUT2D eigenvalue weighted by molar-refractivity contribution is 5.81. The minimum atomic E-state index is -0.247. The number of aromatic nitrogens is 2. The quantitative estimate of drug-likeness (QED) is 0.444. The Morgan fingerprint density at radius 3 is 2.52 bits per heavy atom. The van der Waals surface area contributed by atoms with Gasteiger partial charge in [-0.1, -0.05) is 30.3 Å². The number of likely N-dealkylation sites (N-methyl/N-ethyl adjacent to an activating group) is 1. The predicted octanol–water partition coefficient (Wildman–Crippen LogP) is 0.704. The molecule has 2 aromatic carbocycles. The highest BCUT2D eigenvalue weighted by Crippen LogP contribution is 2.29. The first kappa shape index (κ1) is 22.3. The molecule has 1 aromatic heterocycles. The molecule has 3 aromatic rings. The molecule has 31 heavy (non-hydrogen) atoms. The summed E-state index contributed by atoms with van der Waals surface area (Å²) >= 11 is 0. The fourth-order valence-corrected chi connectivity index (χ4v) is 3.43. The average Bonchev–Trinajstić information content (AvgIpc) is 2.78. The molecule has 0 fully saturated rings. The van der Waals surface area contributed by atoms with Gasteiger partial charge in [0.25, 0.3) is 11.5 Å². The van der Waals surface area contributed by atoms with Crippen LogP contribution in [-0.4, -0.2) is 49.7 Å². The smallest absolute Gasteiger partial charge is 0.275 e. The van der Waals surface area contributed by atoms with Crippen LogP contribution in [0.2, 0.25) is 0 Å². The lowest BCUT2D eigenvalue weighted by Crippen LogP contribution is -3.11. The van der Waals surface area contributed by atoms with Crippen LogP contribution in [0.5, 0.6) is 11.5 Å². The van der Waals surface area contributed by atoms with Gasteiger partial charge >= 0.3 is 0 Å². The molecule has 3 N–H and O–H groups in total.